The molecule has 1 aliphatic rings. The van der Waals surface area contributed by atoms with Gasteiger partial charge in [0, 0.05) is 62.1 Å². The van der Waals surface area contributed by atoms with E-state index in [1.165, 1.54) is 11.1 Å². The molecule has 0 amide bonds. The lowest BCUT2D eigenvalue weighted by atomic mass is 9.96. The summed E-state index contributed by atoms with van der Waals surface area (Å²) >= 11 is 0. The Kier molecular flexibility index (Phi) is 14.8. The number of hydrogen-bond donors (Lipinski definition) is 4. The van der Waals surface area contributed by atoms with E-state index in [0.717, 1.165) is 31.9 Å². The number of piperazine rings is 1. The first-order chi connectivity index (χ1) is 23.5. The number of nitrogens with zero attached hydrogens (tertiary/aromatic N) is 3. The van der Waals surface area contributed by atoms with Gasteiger partial charge >= 0.3 is 23.9 Å². The summed E-state index contributed by atoms with van der Waals surface area (Å²) in [7, 11) is 0. The molecule has 13 nitrogen and oxygen atoms in total. The standard InChI is InChI=1S/C28H27N3O2.2C4H4O4/c32-28(24-14-8-3-9-15-24)26-20-25(33-29-26)21-30-16-18-31(19-17-30)27(22-10-4-1-5-11-22)23-12-6-2-7-13-23;2*5-3(6)1-2-4(7)8/h1-15,20,27H,16-19,21H2;2*1-2H,(H,5,6)(H,7,8)/b;2*2-1-. The number of ketones is 1. The van der Waals surface area contributed by atoms with E-state index in [1.807, 2.05) is 18.2 Å². The second kappa shape index (κ2) is 19.5. The molecule has 0 atom stereocenters. The van der Waals surface area contributed by atoms with E-state index >= 15 is 0 Å². The molecule has 1 fully saturated rings. The number of carboxylic acids is 4. The van der Waals surface area contributed by atoms with Gasteiger partial charge < -0.3 is 24.9 Å². The molecular weight excluding hydrogens is 634 g/mol. The van der Waals surface area contributed by atoms with Crippen LogP contribution in [0.15, 0.2) is 126 Å². The number of aliphatic carboxylic acids is 4. The monoisotopic (exact) mass is 669 g/mol. The van der Waals surface area contributed by atoms with Crippen molar-refractivity contribution in [1.29, 1.82) is 0 Å². The summed E-state index contributed by atoms with van der Waals surface area (Å²) in [5.41, 5.74) is 3.62. The number of carboxylic acid groups (broad SMARTS) is 4. The summed E-state index contributed by atoms with van der Waals surface area (Å²) < 4.78 is 5.50. The number of hydrogen-bond acceptors (Lipinski definition) is 9. The van der Waals surface area contributed by atoms with Crippen molar-refractivity contribution in [1.82, 2.24) is 15.0 Å². The lowest BCUT2D eigenvalue weighted by Gasteiger charge is -2.39. The van der Waals surface area contributed by atoms with Crippen LogP contribution in [0, 0.1) is 0 Å². The number of rotatable bonds is 11. The predicted octanol–water partition coefficient (Wildman–Crippen LogP) is 4.24. The zero-order chi connectivity index (χ0) is 35.6. The molecule has 0 bridgehead atoms. The Morgan fingerprint density at radius 1 is 0.633 bits per heavy atom. The molecule has 13 heteroatoms. The van der Waals surface area contributed by atoms with Crippen molar-refractivity contribution < 1.29 is 48.9 Å². The third-order valence-electron chi connectivity index (χ3n) is 6.95. The molecular formula is C36H35N3O10. The molecule has 49 heavy (non-hydrogen) atoms. The Labute approximate surface area is 281 Å². The van der Waals surface area contributed by atoms with Crippen LogP contribution in [0.3, 0.4) is 0 Å². The van der Waals surface area contributed by atoms with Crippen LogP contribution in [0.1, 0.15) is 39.0 Å². The Balaban J connectivity index is 0.000000338. The highest BCUT2D eigenvalue weighted by Crippen LogP contribution is 2.29. The number of aromatic nitrogens is 1. The molecule has 4 N–H and O–H groups in total. The molecule has 5 rings (SSSR count). The Morgan fingerprint density at radius 2 is 1.04 bits per heavy atom. The van der Waals surface area contributed by atoms with Gasteiger partial charge in [0.25, 0.3) is 0 Å². The highest BCUT2D eigenvalue weighted by Gasteiger charge is 2.27. The Morgan fingerprint density at radius 3 is 1.45 bits per heavy atom. The third-order valence-corrected chi connectivity index (χ3v) is 6.95. The first-order valence-electron chi connectivity index (χ1n) is 14.9. The maximum Gasteiger partial charge on any atom is 0.328 e. The molecule has 2 heterocycles. The smallest absolute Gasteiger partial charge is 0.328 e. The molecule has 0 aliphatic carbocycles. The lowest BCUT2D eigenvalue weighted by Crippen LogP contribution is -2.47. The summed E-state index contributed by atoms with van der Waals surface area (Å²) in [5.74, 6) is -4.41. The second-order valence-corrected chi connectivity index (χ2v) is 10.4. The zero-order valence-electron chi connectivity index (χ0n) is 26.2. The Bertz CT molecular complexity index is 1620. The van der Waals surface area contributed by atoms with E-state index in [2.05, 4.69) is 75.6 Å². The van der Waals surface area contributed by atoms with Crippen LogP contribution >= 0.6 is 0 Å². The normalized spacial score (nSPS) is 13.2. The van der Waals surface area contributed by atoms with E-state index in [4.69, 9.17) is 24.9 Å². The van der Waals surface area contributed by atoms with Gasteiger partial charge in [-0.05, 0) is 11.1 Å². The summed E-state index contributed by atoms with van der Waals surface area (Å²) in [6.45, 7) is 4.43. The van der Waals surface area contributed by atoms with Crippen molar-refractivity contribution in [3.63, 3.8) is 0 Å². The topological polar surface area (TPSA) is 199 Å². The van der Waals surface area contributed by atoms with Crippen molar-refractivity contribution in [2.24, 2.45) is 0 Å². The summed E-state index contributed by atoms with van der Waals surface area (Å²) in [4.78, 5) is 55.7. The second-order valence-electron chi connectivity index (χ2n) is 10.4. The van der Waals surface area contributed by atoms with Gasteiger partial charge in [0.2, 0.25) is 5.78 Å². The fourth-order valence-electron chi connectivity index (χ4n) is 4.80. The maximum atomic E-state index is 12.6. The summed E-state index contributed by atoms with van der Waals surface area (Å²) in [5, 5.41) is 35.3. The van der Waals surface area contributed by atoms with E-state index in [0.29, 0.717) is 42.1 Å². The van der Waals surface area contributed by atoms with E-state index in [1.54, 1.807) is 18.2 Å². The molecule has 254 valence electrons. The van der Waals surface area contributed by atoms with Crippen LogP contribution in [0.25, 0.3) is 0 Å². The van der Waals surface area contributed by atoms with Crippen molar-refractivity contribution in [3.8, 4) is 0 Å². The molecule has 3 aromatic carbocycles. The minimum absolute atomic E-state index is 0.107. The highest BCUT2D eigenvalue weighted by molar-refractivity contribution is 6.07. The van der Waals surface area contributed by atoms with E-state index in [-0.39, 0.29) is 11.8 Å². The first-order valence-corrected chi connectivity index (χ1v) is 14.9. The molecule has 1 saturated heterocycles. The average molecular weight is 670 g/mol. The molecule has 4 aromatic rings. The minimum atomic E-state index is -1.26. The van der Waals surface area contributed by atoms with Crippen molar-refractivity contribution >= 4 is 29.7 Å². The van der Waals surface area contributed by atoms with Gasteiger partial charge in [-0.1, -0.05) is 96.2 Å². The van der Waals surface area contributed by atoms with Crippen LogP contribution in [0.4, 0.5) is 0 Å². The van der Waals surface area contributed by atoms with Gasteiger partial charge in [-0.15, -0.1) is 0 Å². The Hall–Kier alpha value is -6.18. The van der Waals surface area contributed by atoms with Crippen molar-refractivity contribution in [3.05, 3.63) is 150 Å². The molecule has 1 aromatic heterocycles. The fraction of sp³-hybridized carbons (Fsp3) is 0.167. The number of carbonyl (C=O) groups excluding carboxylic acids is 1. The van der Waals surface area contributed by atoms with Gasteiger partial charge in [0.15, 0.2) is 11.5 Å². The highest BCUT2D eigenvalue weighted by atomic mass is 16.5. The van der Waals surface area contributed by atoms with Crippen LogP contribution in [-0.2, 0) is 25.7 Å². The quantitative estimate of drug-likeness (QED) is 0.131. The SMILES string of the molecule is O=C(O)/C=C\C(=O)O.O=C(O)/C=C\C(=O)O.O=C(c1ccccc1)c1cc(CN2CCN(C(c3ccccc3)c3ccccc3)CC2)on1. The fourth-order valence-corrected chi connectivity index (χ4v) is 4.80. The largest absolute Gasteiger partial charge is 0.478 e. The molecule has 1 aliphatic heterocycles. The number of carbonyl (C=O) groups is 5. The predicted molar refractivity (Wildman–Crippen MR) is 177 cm³/mol. The summed E-state index contributed by atoms with van der Waals surface area (Å²) in [6.07, 6.45) is 2.23. The molecule has 0 unspecified atom stereocenters. The lowest BCUT2D eigenvalue weighted by molar-refractivity contribution is -0.134. The van der Waals surface area contributed by atoms with Crippen LogP contribution in [0.5, 0.6) is 0 Å². The zero-order valence-corrected chi connectivity index (χ0v) is 26.2. The summed E-state index contributed by atoms with van der Waals surface area (Å²) in [6, 6.07) is 32.6. The van der Waals surface area contributed by atoms with Gasteiger partial charge in [-0.2, -0.15) is 0 Å². The average Bonchev–Trinajstić information content (AvgIpc) is 3.57. The van der Waals surface area contributed by atoms with E-state index in [9.17, 15) is 24.0 Å². The van der Waals surface area contributed by atoms with Crippen molar-refractivity contribution in [2.45, 2.75) is 12.6 Å². The molecule has 0 radical (unpaired) electrons. The maximum absolute atomic E-state index is 12.6. The minimum Gasteiger partial charge on any atom is -0.478 e. The third kappa shape index (κ3) is 13.2. The van der Waals surface area contributed by atoms with Crippen LogP contribution < -0.4 is 0 Å². The first kappa shape index (κ1) is 37.3. The van der Waals surface area contributed by atoms with Gasteiger partial charge in [0.05, 0.1) is 12.6 Å². The van der Waals surface area contributed by atoms with Gasteiger partial charge in [0.1, 0.15) is 0 Å². The van der Waals surface area contributed by atoms with Gasteiger partial charge in [-0.25, -0.2) is 19.2 Å². The van der Waals surface area contributed by atoms with Crippen molar-refractivity contribution in [2.75, 3.05) is 26.2 Å². The van der Waals surface area contributed by atoms with Gasteiger partial charge in [-0.3, -0.25) is 14.6 Å². The van der Waals surface area contributed by atoms with E-state index < -0.39 is 23.9 Å². The number of benzene rings is 3. The van der Waals surface area contributed by atoms with Crippen LogP contribution in [-0.4, -0.2) is 91.2 Å². The molecule has 0 spiro atoms. The molecule has 0 saturated carbocycles. The van der Waals surface area contributed by atoms with Crippen LogP contribution in [0.2, 0.25) is 0 Å².